The molecule has 0 atom stereocenters. The summed E-state index contributed by atoms with van der Waals surface area (Å²) < 4.78 is 19.1. The van der Waals surface area contributed by atoms with Crippen LogP contribution in [-0.4, -0.2) is 58.7 Å². The van der Waals surface area contributed by atoms with Crippen molar-refractivity contribution in [1.29, 1.82) is 0 Å². The van der Waals surface area contributed by atoms with Crippen molar-refractivity contribution in [2.75, 3.05) is 31.5 Å². The minimum Gasteiger partial charge on any atom is -0.444 e. The molecule has 162 valence electrons. The lowest BCUT2D eigenvalue weighted by atomic mass is 10.1. The molecule has 0 radical (unpaired) electrons. The van der Waals surface area contributed by atoms with Crippen LogP contribution >= 0.6 is 11.3 Å². The number of hydrogen-bond donors (Lipinski definition) is 1. The second-order valence-electron chi connectivity index (χ2n) is 8.28. The Balaban J connectivity index is 1.50. The minimum absolute atomic E-state index is 0.226. The van der Waals surface area contributed by atoms with Crippen LogP contribution in [0.15, 0.2) is 24.4 Å². The molecule has 7 nitrogen and oxygen atoms in total. The maximum atomic E-state index is 13.7. The van der Waals surface area contributed by atoms with Crippen molar-refractivity contribution in [2.45, 2.75) is 39.7 Å². The van der Waals surface area contributed by atoms with Crippen LogP contribution in [0.25, 0.3) is 0 Å². The minimum atomic E-state index is -0.543. The largest absolute Gasteiger partial charge is 0.444 e. The Morgan fingerprint density at radius 2 is 1.87 bits per heavy atom. The van der Waals surface area contributed by atoms with E-state index in [-0.39, 0.29) is 17.9 Å². The van der Waals surface area contributed by atoms with Gasteiger partial charge in [-0.25, -0.2) is 19.0 Å². The summed E-state index contributed by atoms with van der Waals surface area (Å²) in [6.07, 6.45) is 1.89. The Morgan fingerprint density at radius 1 is 1.20 bits per heavy atom. The van der Waals surface area contributed by atoms with Gasteiger partial charge in [-0.15, -0.1) is 11.3 Å². The zero-order valence-corrected chi connectivity index (χ0v) is 18.5. The maximum Gasteiger partial charge on any atom is 0.410 e. The smallest absolute Gasteiger partial charge is 0.410 e. The molecule has 0 unspecified atom stereocenters. The number of hydrogen-bond acceptors (Lipinski definition) is 5. The molecule has 0 aliphatic carbocycles. The standard InChI is InChI=1S/C21H27FN4O3S/c1-14-5-6-15(12-17(14)22)11-16-13-23-18(30-16)24-19(27)25-7-9-26(10-8-25)20(28)29-21(2,3)4/h5-6,12-13H,7-11H2,1-4H3,(H,23,24,27). The average molecular weight is 435 g/mol. The molecule has 1 aliphatic rings. The van der Waals surface area contributed by atoms with E-state index in [4.69, 9.17) is 4.74 Å². The van der Waals surface area contributed by atoms with Crippen molar-refractivity contribution in [3.8, 4) is 0 Å². The number of ether oxygens (including phenoxy) is 1. The van der Waals surface area contributed by atoms with Gasteiger partial charge in [0.15, 0.2) is 5.13 Å². The molecular formula is C21H27FN4O3S. The number of nitrogens with one attached hydrogen (secondary N) is 1. The summed E-state index contributed by atoms with van der Waals surface area (Å²) in [5.74, 6) is -0.226. The average Bonchev–Trinajstić information content (AvgIpc) is 3.10. The summed E-state index contributed by atoms with van der Waals surface area (Å²) in [5.41, 5.74) is 0.930. The molecule has 1 N–H and O–H groups in total. The number of aryl methyl sites for hydroxylation is 1. The molecule has 2 aromatic rings. The number of benzene rings is 1. The Bertz CT molecular complexity index is 917. The van der Waals surface area contributed by atoms with Gasteiger partial charge in [0.05, 0.1) is 0 Å². The van der Waals surface area contributed by atoms with Gasteiger partial charge in [-0.05, 0) is 44.9 Å². The van der Waals surface area contributed by atoms with Crippen molar-refractivity contribution in [3.63, 3.8) is 0 Å². The normalized spacial score (nSPS) is 14.6. The van der Waals surface area contributed by atoms with Crippen LogP contribution in [-0.2, 0) is 11.2 Å². The van der Waals surface area contributed by atoms with E-state index in [1.165, 1.54) is 17.4 Å². The number of aromatic nitrogens is 1. The zero-order chi connectivity index (χ0) is 21.9. The van der Waals surface area contributed by atoms with E-state index in [1.54, 1.807) is 29.0 Å². The number of carbonyl (C=O) groups is 2. The number of piperazine rings is 1. The molecule has 1 aromatic heterocycles. The summed E-state index contributed by atoms with van der Waals surface area (Å²) in [4.78, 5) is 33.1. The van der Waals surface area contributed by atoms with Crippen LogP contribution in [0.5, 0.6) is 0 Å². The Hall–Kier alpha value is -2.68. The van der Waals surface area contributed by atoms with Gasteiger partial charge in [-0.2, -0.15) is 0 Å². The number of thiazole rings is 1. The molecule has 1 fully saturated rings. The molecule has 3 rings (SSSR count). The third kappa shape index (κ3) is 5.91. The van der Waals surface area contributed by atoms with E-state index in [0.29, 0.717) is 43.3 Å². The number of carbonyl (C=O) groups excluding carboxylic acids is 2. The second kappa shape index (κ2) is 8.99. The third-order valence-electron chi connectivity index (χ3n) is 4.60. The van der Waals surface area contributed by atoms with Crippen LogP contribution in [0.3, 0.4) is 0 Å². The van der Waals surface area contributed by atoms with Gasteiger partial charge < -0.3 is 14.5 Å². The van der Waals surface area contributed by atoms with Crippen molar-refractivity contribution >= 4 is 28.6 Å². The summed E-state index contributed by atoms with van der Waals surface area (Å²) >= 11 is 1.37. The zero-order valence-electron chi connectivity index (χ0n) is 17.7. The van der Waals surface area contributed by atoms with E-state index in [0.717, 1.165) is 10.4 Å². The van der Waals surface area contributed by atoms with Crippen molar-refractivity contribution in [3.05, 3.63) is 46.2 Å². The predicted octanol–water partition coefficient (Wildman–Crippen LogP) is 4.27. The Kier molecular flexibility index (Phi) is 6.60. The van der Waals surface area contributed by atoms with Gasteiger partial charge in [-0.3, -0.25) is 5.32 Å². The number of anilines is 1. The Morgan fingerprint density at radius 3 is 2.50 bits per heavy atom. The number of urea groups is 1. The molecular weight excluding hydrogens is 407 g/mol. The molecule has 3 amide bonds. The lowest BCUT2D eigenvalue weighted by Gasteiger charge is -2.35. The van der Waals surface area contributed by atoms with E-state index < -0.39 is 5.60 Å². The third-order valence-corrected chi connectivity index (χ3v) is 5.51. The topological polar surface area (TPSA) is 74.8 Å². The number of halogens is 1. The number of nitrogens with zero attached hydrogens (tertiary/aromatic N) is 3. The van der Waals surface area contributed by atoms with Crippen LogP contribution in [0.1, 0.15) is 36.8 Å². The lowest BCUT2D eigenvalue weighted by molar-refractivity contribution is 0.0174. The molecule has 0 saturated carbocycles. The summed E-state index contributed by atoms with van der Waals surface area (Å²) in [7, 11) is 0. The van der Waals surface area contributed by atoms with E-state index in [9.17, 15) is 14.0 Å². The molecule has 30 heavy (non-hydrogen) atoms. The first-order chi connectivity index (χ1) is 14.1. The highest BCUT2D eigenvalue weighted by atomic mass is 32.1. The molecule has 9 heteroatoms. The molecule has 0 bridgehead atoms. The lowest BCUT2D eigenvalue weighted by Crippen LogP contribution is -2.52. The van der Waals surface area contributed by atoms with Gasteiger partial charge in [-0.1, -0.05) is 12.1 Å². The molecule has 0 spiro atoms. The predicted molar refractivity (Wildman–Crippen MR) is 114 cm³/mol. The monoisotopic (exact) mass is 434 g/mol. The van der Waals surface area contributed by atoms with Crippen LogP contribution in [0.2, 0.25) is 0 Å². The Labute approximate surface area is 179 Å². The molecule has 1 aromatic carbocycles. The summed E-state index contributed by atoms with van der Waals surface area (Å²) in [6.45, 7) is 8.89. The van der Waals surface area contributed by atoms with Crippen LogP contribution in [0, 0.1) is 12.7 Å². The summed E-state index contributed by atoms with van der Waals surface area (Å²) in [6, 6.07) is 4.92. The molecule has 2 heterocycles. The van der Waals surface area contributed by atoms with Gasteiger partial charge in [0.1, 0.15) is 11.4 Å². The first kappa shape index (κ1) is 22.0. The fraction of sp³-hybridized carbons (Fsp3) is 0.476. The highest BCUT2D eigenvalue weighted by Crippen LogP contribution is 2.23. The fourth-order valence-electron chi connectivity index (χ4n) is 2.98. The highest BCUT2D eigenvalue weighted by molar-refractivity contribution is 7.15. The number of rotatable bonds is 3. The highest BCUT2D eigenvalue weighted by Gasteiger charge is 2.28. The quantitative estimate of drug-likeness (QED) is 0.783. The number of amides is 3. The van der Waals surface area contributed by atoms with Gasteiger partial charge in [0, 0.05) is 43.7 Å². The SMILES string of the molecule is Cc1ccc(Cc2cnc(NC(=O)N3CCN(C(=O)OC(C)(C)C)CC3)s2)cc1F. The summed E-state index contributed by atoms with van der Waals surface area (Å²) in [5, 5.41) is 3.30. The van der Waals surface area contributed by atoms with Crippen molar-refractivity contribution < 1.29 is 18.7 Å². The van der Waals surface area contributed by atoms with Crippen molar-refractivity contribution in [1.82, 2.24) is 14.8 Å². The van der Waals surface area contributed by atoms with Gasteiger partial charge in [0.2, 0.25) is 0 Å². The van der Waals surface area contributed by atoms with E-state index in [2.05, 4.69) is 10.3 Å². The van der Waals surface area contributed by atoms with Crippen LogP contribution < -0.4 is 5.32 Å². The first-order valence-electron chi connectivity index (χ1n) is 9.84. The second-order valence-corrected chi connectivity index (χ2v) is 9.39. The van der Waals surface area contributed by atoms with Crippen molar-refractivity contribution in [2.24, 2.45) is 0 Å². The van der Waals surface area contributed by atoms with Gasteiger partial charge in [0.25, 0.3) is 0 Å². The molecule has 1 saturated heterocycles. The van der Waals surface area contributed by atoms with Gasteiger partial charge >= 0.3 is 12.1 Å². The molecule has 1 aliphatic heterocycles. The fourth-order valence-corrected chi connectivity index (χ4v) is 3.82. The van der Waals surface area contributed by atoms with E-state index in [1.807, 2.05) is 26.8 Å². The maximum absolute atomic E-state index is 13.7. The first-order valence-corrected chi connectivity index (χ1v) is 10.7. The van der Waals surface area contributed by atoms with Crippen LogP contribution in [0.4, 0.5) is 19.1 Å². The van der Waals surface area contributed by atoms with E-state index >= 15 is 0 Å².